The van der Waals surface area contributed by atoms with Gasteiger partial charge < -0.3 is 9.92 Å². The molecule has 0 aromatic heterocycles. The van der Waals surface area contributed by atoms with Gasteiger partial charge in [0, 0.05) is 5.94 Å². The number of likely N-dealkylation sites (tertiary alicyclic amines) is 1. The number of nitrogens with zero attached hydrogens (tertiary/aromatic N) is 1. The Morgan fingerprint density at radius 3 is 2.75 bits per heavy atom. The lowest BCUT2D eigenvalue weighted by Gasteiger charge is -2.14. The quantitative estimate of drug-likeness (QED) is 0.468. The first-order valence-electron chi connectivity index (χ1n) is 3.02. The highest BCUT2D eigenvalue weighted by Gasteiger charge is 2.20. The first-order chi connectivity index (χ1) is 3.84. The minimum Gasteiger partial charge on any atom is -0.453 e. The second-order valence-corrected chi connectivity index (χ2v) is 2.34. The summed E-state index contributed by atoms with van der Waals surface area (Å²) in [6, 6.07) is 0. The van der Waals surface area contributed by atoms with Crippen molar-refractivity contribution in [3.05, 3.63) is 0 Å². The van der Waals surface area contributed by atoms with E-state index in [1.807, 2.05) is 7.05 Å². The van der Waals surface area contributed by atoms with E-state index in [0.29, 0.717) is 5.94 Å². The Kier molecular flexibility index (Phi) is 1.92. The van der Waals surface area contributed by atoms with Crippen molar-refractivity contribution in [3.8, 4) is 0 Å². The fourth-order valence-corrected chi connectivity index (χ4v) is 1.12. The van der Waals surface area contributed by atoms with E-state index in [1.165, 1.54) is 13.9 Å². The van der Waals surface area contributed by atoms with Crippen LogP contribution in [0.2, 0.25) is 0 Å². The first-order valence-corrected chi connectivity index (χ1v) is 3.02. The van der Waals surface area contributed by atoms with Crippen molar-refractivity contribution in [3.63, 3.8) is 0 Å². The highest BCUT2D eigenvalue weighted by Crippen LogP contribution is 2.11. The second-order valence-electron chi connectivity index (χ2n) is 2.34. The molecule has 0 spiro atoms. The van der Waals surface area contributed by atoms with Crippen LogP contribution < -0.4 is 0 Å². The van der Waals surface area contributed by atoms with Gasteiger partial charge in [0.15, 0.2) is 0 Å². The fraction of sp³-hybridized carbons (Fsp3) is 1.00. The van der Waals surface area contributed by atoms with Gasteiger partial charge in [0.25, 0.3) is 0 Å². The lowest BCUT2D eigenvalue weighted by Crippen LogP contribution is -2.30. The zero-order chi connectivity index (χ0) is 5.98. The molecule has 1 heterocycles. The van der Waals surface area contributed by atoms with E-state index in [9.17, 15) is 0 Å². The van der Waals surface area contributed by atoms with Crippen molar-refractivity contribution in [1.82, 2.24) is 4.90 Å². The van der Waals surface area contributed by atoms with E-state index in [4.69, 9.17) is 5.02 Å². The minimum atomic E-state index is 0.329. The van der Waals surface area contributed by atoms with Crippen LogP contribution in [0, 0.1) is 0 Å². The van der Waals surface area contributed by atoms with E-state index in [0.717, 1.165) is 13.0 Å². The maximum Gasteiger partial charge on any atom is 0.306 e. The SMILES string of the molecule is CN1CCCC1[B]O. The normalized spacial score (nSPS) is 31.0. The van der Waals surface area contributed by atoms with Crippen LogP contribution in [0.15, 0.2) is 0 Å². The Morgan fingerprint density at radius 2 is 2.50 bits per heavy atom. The molecule has 1 aliphatic heterocycles. The summed E-state index contributed by atoms with van der Waals surface area (Å²) < 4.78 is 0. The van der Waals surface area contributed by atoms with Crippen molar-refractivity contribution in [2.45, 2.75) is 18.8 Å². The van der Waals surface area contributed by atoms with Crippen molar-refractivity contribution in [2.75, 3.05) is 13.6 Å². The highest BCUT2D eigenvalue weighted by atomic mass is 16.2. The van der Waals surface area contributed by atoms with Gasteiger partial charge in [-0.15, -0.1) is 0 Å². The summed E-state index contributed by atoms with van der Waals surface area (Å²) in [6.07, 6.45) is 2.34. The molecule has 2 nitrogen and oxygen atoms in total. The molecule has 1 N–H and O–H groups in total. The third kappa shape index (κ3) is 1.04. The molecule has 0 saturated carbocycles. The zero-order valence-corrected chi connectivity index (χ0v) is 5.17. The van der Waals surface area contributed by atoms with Crippen LogP contribution in [-0.2, 0) is 0 Å². The molecular weight excluding hydrogens is 101 g/mol. The van der Waals surface area contributed by atoms with Crippen LogP contribution in [0.5, 0.6) is 0 Å². The monoisotopic (exact) mass is 112 g/mol. The molecule has 1 atom stereocenters. The van der Waals surface area contributed by atoms with E-state index in [1.54, 1.807) is 0 Å². The summed E-state index contributed by atoms with van der Waals surface area (Å²) in [4.78, 5) is 2.15. The van der Waals surface area contributed by atoms with E-state index in [-0.39, 0.29) is 0 Å². The molecule has 1 rings (SSSR count). The van der Waals surface area contributed by atoms with Crippen molar-refractivity contribution in [2.24, 2.45) is 0 Å². The molecule has 1 aliphatic rings. The summed E-state index contributed by atoms with van der Waals surface area (Å²) in [7, 11) is 3.32. The third-order valence-electron chi connectivity index (χ3n) is 1.75. The summed E-state index contributed by atoms with van der Waals surface area (Å²) >= 11 is 0. The van der Waals surface area contributed by atoms with Gasteiger partial charge in [0.05, 0.1) is 0 Å². The Morgan fingerprint density at radius 1 is 1.75 bits per heavy atom. The molecule has 0 aromatic rings. The van der Waals surface area contributed by atoms with E-state index < -0.39 is 0 Å². The molecule has 0 bridgehead atoms. The lowest BCUT2D eigenvalue weighted by molar-refractivity contribution is 0.362. The van der Waals surface area contributed by atoms with Gasteiger partial charge in [-0.05, 0) is 26.4 Å². The van der Waals surface area contributed by atoms with Crippen LogP contribution in [-0.4, -0.2) is 36.9 Å². The van der Waals surface area contributed by atoms with Gasteiger partial charge >= 0.3 is 7.48 Å². The molecule has 0 amide bonds. The Bertz CT molecular complexity index is 78.8. The highest BCUT2D eigenvalue weighted by molar-refractivity contribution is 6.27. The maximum atomic E-state index is 8.57. The van der Waals surface area contributed by atoms with Gasteiger partial charge in [0.1, 0.15) is 0 Å². The van der Waals surface area contributed by atoms with Crippen LogP contribution in [0.25, 0.3) is 0 Å². The number of hydrogen-bond donors (Lipinski definition) is 1. The third-order valence-corrected chi connectivity index (χ3v) is 1.75. The topological polar surface area (TPSA) is 23.5 Å². The average Bonchev–Trinajstić information content (AvgIpc) is 2.14. The van der Waals surface area contributed by atoms with Crippen LogP contribution in [0.4, 0.5) is 0 Å². The lowest BCUT2D eigenvalue weighted by atomic mass is 9.87. The summed E-state index contributed by atoms with van der Waals surface area (Å²) in [5, 5.41) is 8.57. The largest absolute Gasteiger partial charge is 0.453 e. The van der Waals surface area contributed by atoms with Gasteiger partial charge in [-0.1, -0.05) is 0 Å². The van der Waals surface area contributed by atoms with Crippen LogP contribution in [0.3, 0.4) is 0 Å². The average molecular weight is 112 g/mol. The molecule has 0 aromatic carbocycles. The number of hydrogen-bond acceptors (Lipinski definition) is 2. The van der Waals surface area contributed by atoms with Gasteiger partial charge in [-0.3, -0.25) is 0 Å². The van der Waals surface area contributed by atoms with Crippen molar-refractivity contribution >= 4 is 7.48 Å². The Labute approximate surface area is 50.8 Å². The van der Waals surface area contributed by atoms with Gasteiger partial charge in [0.2, 0.25) is 0 Å². The van der Waals surface area contributed by atoms with E-state index >= 15 is 0 Å². The molecule has 45 valence electrons. The molecule has 3 heteroatoms. The van der Waals surface area contributed by atoms with Crippen LogP contribution in [0.1, 0.15) is 12.8 Å². The number of rotatable bonds is 1. The van der Waals surface area contributed by atoms with E-state index in [2.05, 4.69) is 4.90 Å². The summed E-state index contributed by atoms with van der Waals surface area (Å²) in [6.45, 7) is 1.13. The van der Waals surface area contributed by atoms with Crippen LogP contribution >= 0.6 is 0 Å². The predicted octanol–water partition coefficient (Wildman–Crippen LogP) is -0.350. The molecule has 1 radical (unpaired) electrons. The molecule has 1 fully saturated rings. The van der Waals surface area contributed by atoms with Crippen molar-refractivity contribution < 1.29 is 5.02 Å². The molecule has 8 heavy (non-hydrogen) atoms. The first kappa shape index (κ1) is 6.11. The summed E-state index contributed by atoms with van der Waals surface area (Å²) in [5.74, 6) is 0.329. The van der Waals surface area contributed by atoms with Crippen molar-refractivity contribution in [1.29, 1.82) is 0 Å². The standard InChI is InChI=1S/C5H11BNO/c1-7-4-2-3-5(7)6-8/h5,8H,2-4H2,1H3. The maximum absolute atomic E-state index is 8.57. The smallest absolute Gasteiger partial charge is 0.306 e. The molecular formula is C5H11BNO. The zero-order valence-electron chi connectivity index (χ0n) is 5.17. The van der Waals surface area contributed by atoms with Gasteiger partial charge in [-0.25, -0.2) is 0 Å². The Hall–Kier alpha value is -0.0151. The summed E-state index contributed by atoms with van der Waals surface area (Å²) in [5.41, 5.74) is 0. The molecule has 1 saturated heterocycles. The second kappa shape index (κ2) is 2.51. The molecule has 0 aliphatic carbocycles. The fourth-order valence-electron chi connectivity index (χ4n) is 1.12. The van der Waals surface area contributed by atoms with Gasteiger partial charge in [-0.2, -0.15) is 0 Å². The Balaban J connectivity index is 2.30. The minimum absolute atomic E-state index is 0.329. The predicted molar refractivity (Wildman–Crippen MR) is 33.6 cm³/mol. The molecule has 1 unspecified atom stereocenters.